The highest BCUT2D eigenvalue weighted by Gasteiger charge is 2.63. The van der Waals surface area contributed by atoms with Crippen LogP contribution in [0.25, 0.3) is 5.57 Å². The molecule has 1 aliphatic heterocycles. The summed E-state index contributed by atoms with van der Waals surface area (Å²) in [6, 6.07) is 10.5. The number of benzene rings is 1. The molecule has 6 aliphatic rings. The molecule has 0 aromatic heterocycles. The van der Waals surface area contributed by atoms with Gasteiger partial charge in [-0.15, -0.1) is 0 Å². The summed E-state index contributed by atoms with van der Waals surface area (Å²) in [5, 5.41) is 0. The van der Waals surface area contributed by atoms with Crippen molar-refractivity contribution in [3.05, 3.63) is 42.0 Å². The summed E-state index contributed by atoms with van der Waals surface area (Å²) in [6.07, 6.45) is 11.0. The number of hydrogen-bond donors (Lipinski definition) is 0. The van der Waals surface area contributed by atoms with E-state index in [9.17, 15) is 0 Å². The van der Waals surface area contributed by atoms with Crippen molar-refractivity contribution in [2.45, 2.75) is 62.9 Å². The Hall–Kier alpha value is -1.16. The van der Waals surface area contributed by atoms with Crippen molar-refractivity contribution in [3.63, 3.8) is 0 Å². The average molecular weight is 338 g/mol. The Labute approximate surface area is 149 Å². The van der Waals surface area contributed by atoms with Gasteiger partial charge in [0.25, 0.3) is 0 Å². The number of rotatable bonds is 1. The molecule has 1 heterocycles. The Morgan fingerprint density at radius 2 is 1.60 bits per heavy atom. The molecule has 1 aromatic rings. The van der Waals surface area contributed by atoms with E-state index in [4.69, 9.17) is 14.5 Å². The first-order valence-electron chi connectivity index (χ1n) is 10.1. The molecule has 1 spiro atoms. The third-order valence-corrected chi connectivity index (χ3v) is 7.46. The molecule has 5 fully saturated rings. The topological polar surface area (TPSA) is 27.7 Å². The SMILES string of the molecule is C1=C(c2ccccc2)[C@@H]2OOC3(O[C@H]2CC1)C1CC2CC(C1)CC3C2. The van der Waals surface area contributed by atoms with Crippen LogP contribution in [0.3, 0.4) is 0 Å². The molecule has 132 valence electrons. The molecule has 0 N–H and O–H groups in total. The van der Waals surface area contributed by atoms with Crippen LogP contribution in [0.1, 0.15) is 50.5 Å². The molecule has 1 aromatic carbocycles. The Balaban J connectivity index is 1.30. The summed E-state index contributed by atoms with van der Waals surface area (Å²) in [4.78, 5) is 12.3. The first-order chi connectivity index (χ1) is 12.3. The van der Waals surface area contributed by atoms with Gasteiger partial charge in [-0.3, -0.25) is 0 Å². The summed E-state index contributed by atoms with van der Waals surface area (Å²) >= 11 is 0. The Morgan fingerprint density at radius 3 is 2.32 bits per heavy atom. The van der Waals surface area contributed by atoms with E-state index in [1.807, 2.05) is 0 Å². The molecule has 2 atom stereocenters. The molecular formula is C22H26O3. The Kier molecular flexibility index (Phi) is 3.24. The zero-order valence-corrected chi connectivity index (χ0v) is 14.6. The maximum atomic E-state index is 6.82. The van der Waals surface area contributed by atoms with Crippen LogP contribution in [0.15, 0.2) is 36.4 Å². The molecule has 7 rings (SSSR count). The lowest BCUT2D eigenvalue weighted by Crippen LogP contribution is -2.65. The average Bonchev–Trinajstić information content (AvgIpc) is 2.65. The van der Waals surface area contributed by atoms with Crippen LogP contribution in [0, 0.1) is 23.7 Å². The summed E-state index contributed by atoms with van der Waals surface area (Å²) < 4.78 is 6.82. The zero-order valence-electron chi connectivity index (χ0n) is 14.6. The minimum absolute atomic E-state index is 0.0843. The van der Waals surface area contributed by atoms with Gasteiger partial charge in [-0.2, -0.15) is 4.89 Å². The zero-order chi connectivity index (χ0) is 16.4. The maximum Gasteiger partial charge on any atom is 0.207 e. The summed E-state index contributed by atoms with van der Waals surface area (Å²) in [5.74, 6) is 2.44. The van der Waals surface area contributed by atoms with Crippen LogP contribution in [-0.2, 0) is 14.5 Å². The second-order valence-electron chi connectivity index (χ2n) is 8.89. The maximum absolute atomic E-state index is 6.82. The standard InChI is InChI=1S/C22H26O3/c1-2-5-16(6-3-1)19-7-4-8-20-21(19)24-25-22(23-20)17-10-14-9-15(12-17)13-18(22)11-14/h1-3,5-7,14-15,17-18,20-21H,4,8-13H2/t14?,15?,17?,18?,20-,21-,22?/m0/s1. The first kappa shape index (κ1) is 15.0. The molecule has 0 unspecified atom stereocenters. The Bertz CT molecular complexity index is 666. The second kappa shape index (κ2) is 5.42. The molecule has 25 heavy (non-hydrogen) atoms. The van der Waals surface area contributed by atoms with Crippen molar-refractivity contribution < 1.29 is 14.5 Å². The van der Waals surface area contributed by atoms with Crippen molar-refractivity contribution in [1.82, 2.24) is 0 Å². The first-order valence-corrected chi connectivity index (χ1v) is 10.1. The molecule has 3 nitrogen and oxygen atoms in total. The van der Waals surface area contributed by atoms with Gasteiger partial charge in [0, 0.05) is 11.8 Å². The van der Waals surface area contributed by atoms with E-state index >= 15 is 0 Å². The van der Waals surface area contributed by atoms with E-state index < -0.39 is 5.79 Å². The second-order valence-corrected chi connectivity index (χ2v) is 8.89. The third kappa shape index (κ3) is 2.16. The van der Waals surface area contributed by atoms with Crippen LogP contribution in [-0.4, -0.2) is 18.0 Å². The number of ether oxygens (including phenoxy) is 1. The molecule has 0 amide bonds. The largest absolute Gasteiger partial charge is 0.340 e. The van der Waals surface area contributed by atoms with Crippen LogP contribution in [0.5, 0.6) is 0 Å². The molecule has 5 aliphatic carbocycles. The molecule has 0 radical (unpaired) electrons. The molecular weight excluding hydrogens is 312 g/mol. The number of hydrogen-bond acceptors (Lipinski definition) is 3. The lowest BCUT2D eigenvalue weighted by atomic mass is 9.53. The number of allylic oxidation sites excluding steroid dienone is 1. The van der Waals surface area contributed by atoms with Gasteiger partial charge in [0.1, 0.15) is 6.10 Å². The fraction of sp³-hybridized carbons (Fsp3) is 0.636. The molecule has 3 heteroatoms. The van der Waals surface area contributed by atoms with Crippen LogP contribution in [0.2, 0.25) is 0 Å². The van der Waals surface area contributed by atoms with Gasteiger partial charge in [0.15, 0.2) is 0 Å². The van der Waals surface area contributed by atoms with E-state index in [1.54, 1.807) is 0 Å². The van der Waals surface area contributed by atoms with Crippen LogP contribution in [0.4, 0.5) is 0 Å². The fourth-order valence-corrected chi connectivity index (χ4v) is 6.57. The predicted octanol–water partition coefficient (Wildman–Crippen LogP) is 4.73. The van der Waals surface area contributed by atoms with E-state index in [2.05, 4.69) is 36.4 Å². The van der Waals surface area contributed by atoms with Crippen LogP contribution < -0.4 is 0 Å². The van der Waals surface area contributed by atoms with Crippen molar-refractivity contribution >= 4 is 5.57 Å². The van der Waals surface area contributed by atoms with E-state index in [-0.39, 0.29) is 12.2 Å². The highest BCUT2D eigenvalue weighted by molar-refractivity contribution is 5.70. The summed E-state index contributed by atoms with van der Waals surface area (Å²) in [7, 11) is 0. The van der Waals surface area contributed by atoms with Gasteiger partial charge in [-0.05, 0) is 67.9 Å². The number of fused-ring (bicyclic) bond motifs is 1. The molecule has 1 saturated heterocycles. The van der Waals surface area contributed by atoms with Gasteiger partial charge in [-0.25, -0.2) is 4.89 Å². The normalized spacial score (nSPS) is 47.6. The third-order valence-electron chi connectivity index (χ3n) is 7.46. The van der Waals surface area contributed by atoms with Crippen molar-refractivity contribution in [1.29, 1.82) is 0 Å². The summed E-state index contributed by atoms with van der Waals surface area (Å²) in [5.41, 5.74) is 2.46. The monoisotopic (exact) mass is 338 g/mol. The van der Waals surface area contributed by atoms with E-state index in [0.717, 1.165) is 24.7 Å². The molecule has 4 bridgehead atoms. The summed E-state index contributed by atoms with van der Waals surface area (Å²) in [6.45, 7) is 0. The predicted molar refractivity (Wildman–Crippen MR) is 94.3 cm³/mol. The Morgan fingerprint density at radius 1 is 0.880 bits per heavy atom. The molecule has 4 saturated carbocycles. The smallest absolute Gasteiger partial charge is 0.207 e. The van der Waals surface area contributed by atoms with E-state index in [0.29, 0.717) is 11.8 Å². The van der Waals surface area contributed by atoms with E-state index in [1.165, 1.54) is 43.2 Å². The minimum atomic E-state index is -0.451. The van der Waals surface area contributed by atoms with Gasteiger partial charge in [0.2, 0.25) is 5.79 Å². The van der Waals surface area contributed by atoms with Crippen LogP contribution >= 0.6 is 0 Å². The van der Waals surface area contributed by atoms with Gasteiger partial charge in [-0.1, -0.05) is 36.4 Å². The van der Waals surface area contributed by atoms with Crippen molar-refractivity contribution in [2.75, 3.05) is 0 Å². The highest BCUT2D eigenvalue weighted by atomic mass is 17.2. The van der Waals surface area contributed by atoms with Gasteiger partial charge < -0.3 is 4.74 Å². The van der Waals surface area contributed by atoms with Gasteiger partial charge >= 0.3 is 0 Å². The minimum Gasteiger partial charge on any atom is -0.340 e. The lowest BCUT2D eigenvalue weighted by molar-refractivity contribution is -0.532. The lowest BCUT2D eigenvalue weighted by Gasteiger charge is -2.61. The quantitative estimate of drug-likeness (QED) is 0.693. The van der Waals surface area contributed by atoms with Crippen molar-refractivity contribution in [2.24, 2.45) is 23.7 Å². The fourth-order valence-electron chi connectivity index (χ4n) is 6.57. The van der Waals surface area contributed by atoms with Crippen molar-refractivity contribution in [3.8, 4) is 0 Å². The van der Waals surface area contributed by atoms with Gasteiger partial charge in [0.05, 0.1) is 6.10 Å². The highest BCUT2D eigenvalue weighted by Crippen LogP contribution is 2.61.